The normalized spacial score (nSPS) is 9.44. The molecule has 1 aromatic rings. The highest BCUT2D eigenvalue weighted by atomic mass is 16.5. The summed E-state index contributed by atoms with van der Waals surface area (Å²) in [5.74, 6) is 0. The van der Waals surface area contributed by atoms with Gasteiger partial charge in [-0.2, -0.15) is 0 Å². The van der Waals surface area contributed by atoms with Crippen LogP contribution in [0.15, 0.2) is 24.5 Å². The molecule has 1 heterocycles. The summed E-state index contributed by atoms with van der Waals surface area (Å²) in [5.41, 5.74) is 3.08. The molecule has 0 atom stereocenters. The quantitative estimate of drug-likeness (QED) is 0.566. The van der Waals surface area contributed by atoms with Crippen LogP contribution in [0.3, 0.4) is 0 Å². The molecule has 1 aromatic heterocycles. The molecule has 2 N–H and O–H groups in total. The largest absolute Gasteiger partial charge is 0.316 e. The maximum Gasteiger partial charge on any atom is 0.0459 e. The van der Waals surface area contributed by atoms with Gasteiger partial charge in [0.1, 0.15) is 0 Å². The van der Waals surface area contributed by atoms with E-state index in [2.05, 4.69) is 10.5 Å². The monoisotopic (exact) mass is 124 g/mol. The summed E-state index contributed by atoms with van der Waals surface area (Å²) in [4.78, 5) is 3.82. The average molecular weight is 124 g/mol. The van der Waals surface area contributed by atoms with Crippen LogP contribution in [0.2, 0.25) is 0 Å². The summed E-state index contributed by atoms with van der Waals surface area (Å²) < 4.78 is 0. The van der Waals surface area contributed by atoms with Gasteiger partial charge in [-0.1, -0.05) is 0 Å². The van der Waals surface area contributed by atoms with E-state index in [4.69, 9.17) is 5.21 Å². The Morgan fingerprint density at radius 2 is 2.11 bits per heavy atom. The molecule has 0 spiro atoms. The second-order valence-electron chi connectivity index (χ2n) is 1.69. The van der Waals surface area contributed by atoms with Gasteiger partial charge in [-0.05, 0) is 17.7 Å². The van der Waals surface area contributed by atoms with E-state index in [9.17, 15) is 0 Å². The van der Waals surface area contributed by atoms with E-state index in [-0.39, 0.29) is 0 Å². The molecule has 0 unspecified atom stereocenters. The van der Waals surface area contributed by atoms with Gasteiger partial charge in [0.15, 0.2) is 0 Å². The molecular formula is C6H8N2O. The Bertz CT molecular complexity index is 164. The molecule has 48 valence electrons. The van der Waals surface area contributed by atoms with Crippen molar-refractivity contribution in [2.45, 2.75) is 6.54 Å². The third-order valence-corrected chi connectivity index (χ3v) is 1.03. The molecule has 0 aliphatic rings. The molecular weight excluding hydrogens is 116 g/mol. The Hall–Kier alpha value is -0.930. The van der Waals surface area contributed by atoms with E-state index in [1.54, 1.807) is 12.4 Å². The van der Waals surface area contributed by atoms with Crippen molar-refractivity contribution in [3.63, 3.8) is 0 Å². The molecule has 0 aliphatic carbocycles. The average Bonchev–Trinajstić information content (AvgIpc) is 1.91. The lowest BCUT2D eigenvalue weighted by Crippen LogP contribution is -2.05. The summed E-state index contributed by atoms with van der Waals surface area (Å²) in [6.07, 6.45) is 3.37. The highest BCUT2D eigenvalue weighted by Crippen LogP contribution is 1.92. The molecule has 9 heavy (non-hydrogen) atoms. The SMILES string of the molecule is ONCc1ccncc1. The fourth-order valence-corrected chi connectivity index (χ4v) is 0.592. The van der Waals surface area contributed by atoms with E-state index in [1.807, 2.05) is 12.1 Å². The standard InChI is InChI=1S/C6H8N2O/c9-8-5-6-1-3-7-4-2-6/h1-4,8-9H,5H2. The van der Waals surface area contributed by atoms with Crippen molar-refractivity contribution in [1.82, 2.24) is 10.5 Å². The van der Waals surface area contributed by atoms with Gasteiger partial charge in [0.05, 0.1) is 0 Å². The fourth-order valence-electron chi connectivity index (χ4n) is 0.592. The van der Waals surface area contributed by atoms with E-state index >= 15 is 0 Å². The van der Waals surface area contributed by atoms with Gasteiger partial charge < -0.3 is 5.21 Å². The van der Waals surface area contributed by atoms with Crippen LogP contribution in [0.25, 0.3) is 0 Å². The molecule has 0 aliphatic heterocycles. The first-order valence-corrected chi connectivity index (χ1v) is 2.69. The van der Waals surface area contributed by atoms with Crippen LogP contribution in [-0.4, -0.2) is 10.2 Å². The fraction of sp³-hybridized carbons (Fsp3) is 0.167. The lowest BCUT2D eigenvalue weighted by Gasteiger charge is -1.94. The van der Waals surface area contributed by atoms with Crippen LogP contribution in [0.4, 0.5) is 0 Å². The predicted molar refractivity (Wildman–Crippen MR) is 32.9 cm³/mol. The molecule has 0 bridgehead atoms. The maximum absolute atomic E-state index is 8.25. The topological polar surface area (TPSA) is 45.1 Å². The number of hydroxylamine groups is 1. The Morgan fingerprint density at radius 3 is 2.67 bits per heavy atom. The molecule has 3 heteroatoms. The van der Waals surface area contributed by atoms with Gasteiger partial charge in [0, 0.05) is 18.9 Å². The maximum atomic E-state index is 8.25. The summed E-state index contributed by atoms with van der Waals surface area (Å²) in [6.45, 7) is 0.475. The smallest absolute Gasteiger partial charge is 0.0459 e. The summed E-state index contributed by atoms with van der Waals surface area (Å²) in [7, 11) is 0. The number of hydrogen-bond acceptors (Lipinski definition) is 3. The number of rotatable bonds is 2. The molecule has 0 amide bonds. The van der Waals surface area contributed by atoms with Gasteiger partial charge >= 0.3 is 0 Å². The minimum absolute atomic E-state index is 0.475. The Morgan fingerprint density at radius 1 is 1.44 bits per heavy atom. The molecule has 0 radical (unpaired) electrons. The van der Waals surface area contributed by atoms with Gasteiger partial charge in [-0.15, -0.1) is 0 Å². The number of nitrogens with one attached hydrogen (secondary N) is 1. The first-order valence-electron chi connectivity index (χ1n) is 2.69. The zero-order chi connectivity index (χ0) is 6.53. The predicted octanol–water partition coefficient (Wildman–Crippen LogP) is 0.560. The van der Waals surface area contributed by atoms with Crippen molar-refractivity contribution in [3.8, 4) is 0 Å². The minimum atomic E-state index is 0.475. The first-order chi connectivity index (χ1) is 4.43. The van der Waals surface area contributed by atoms with Crippen LogP contribution in [0, 0.1) is 0 Å². The van der Waals surface area contributed by atoms with Gasteiger partial charge in [-0.25, -0.2) is 5.48 Å². The molecule has 0 saturated heterocycles. The Balaban J connectivity index is 2.61. The molecule has 0 saturated carbocycles. The number of hydrogen-bond donors (Lipinski definition) is 2. The lowest BCUT2D eigenvalue weighted by atomic mass is 10.3. The van der Waals surface area contributed by atoms with Crippen LogP contribution < -0.4 is 5.48 Å². The minimum Gasteiger partial charge on any atom is -0.316 e. The van der Waals surface area contributed by atoms with E-state index in [1.165, 1.54) is 0 Å². The first kappa shape index (κ1) is 6.19. The van der Waals surface area contributed by atoms with Crippen LogP contribution >= 0.6 is 0 Å². The zero-order valence-electron chi connectivity index (χ0n) is 4.91. The summed E-state index contributed by atoms with van der Waals surface area (Å²) >= 11 is 0. The third-order valence-electron chi connectivity index (χ3n) is 1.03. The van der Waals surface area contributed by atoms with E-state index < -0.39 is 0 Å². The van der Waals surface area contributed by atoms with Crippen molar-refractivity contribution < 1.29 is 5.21 Å². The van der Waals surface area contributed by atoms with Crippen LogP contribution in [0.1, 0.15) is 5.56 Å². The summed E-state index contributed by atoms with van der Waals surface area (Å²) in [6, 6.07) is 3.67. The molecule has 3 nitrogen and oxygen atoms in total. The van der Waals surface area contributed by atoms with Crippen molar-refractivity contribution in [2.75, 3.05) is 0 Å². The second kappa shape index (κ2) is 3.17. The van der Waals surface area contributed by atoms with Gasteiger partial charge in [0.25, 0.3) is 0 Å². The zero-order valence-corrected chi connectivity index (χ0v) is 4.91. The number of pyridine rings is 1. The van der Waals surface area contributed by atoms with Gasteiger partial charge in [0.2, 0.25) is 0 Å². The Labute approximate surface area is 53.3 Å². The lowest BCUT2D eigenvalue weighted by molar-refractivity contribution is 0.161. The van der Waals surface area contributed by atoms with Crippen molar-refractivity contribution in [3.05, 3.63) is 30.1 Å². The van der Waals surface area contributed by atoms with E-state index in [0.717, 1.165) is 5.56 Å². The molecule has 1 rings (SSSR count). The molecule has 0 aromatic carbocycles. The summed E-state index contributed by atoms with van der Waals surface area (Å²) in [5, 5.41) is 8.25. The van der Waals surface area contributed by atoms with Crippen LogP contribution in [0.5, 0.6) is 0 Å². The highest BCUT2D eigenvalue weighted by Gasteiger charge is 1.85. The van der Waals surface area contributed by atoms with Crippen molar-refractivity contribution in [1.29, 1.82) is 0 Å². The second-order valence-corrected chi connectivity index (χ2v) is 1.69. The molecule has 0 fully saturated rings. The Kier molecular flexibility index (Phi) is 2.18. The third kappa shape index (κ3) is 1.79. The van der Waals surface area contributed by atoms with Crippen LogP contribution in [-0.2, 0) is 6.54 Å². The highest BCUT2D eigenvalue weighted by molar-refractivity contribution is 5.08. The number of aromatic nitrogens is 1. The van der Waals surface area contributed by atoms with Crippen molar-refractivity contribution >= 4 is 0 Å². The van der Waals surface area contributed by atoms with E-state index in [0.29, 0.717) is 6.54 Å². The van der Waals surface area contributed by atoms with Crippen molar-refractivity contribution in [2.24, 2.45) is 0 Å². The van der Waals surface area contributed by atoms with Gasteiger partial charge in [-0.3, -0.25) is 4.98 Å². The number of nitrogens with zero attached hydrogens (tertiary/aromatic N) is 1.